The van der Waals surface area contributed by atoms with Gasteiger partial charge in [0.25, 0.3) is 11.1 Å². The molecule has 1 aromatic carbocycles. The van der Waals surface area contributed by atoms with E-state index in [4.69, 9.17) is 11.6 Å². The first-order valence-corrected chi connectivity index (χ1v) is 4.41. The van der Waals surface area contributed by atoms with Crippen LogP contribution in [-0.4, -0.2) is 25.4 Å². The number of nitrogens with zero attached hydrogens (tertiary/aromatic N) is 4. The zero-order valence-electron chi connectivity index (χ0n) is 7.56. The topological polar surface area (TPSA) is 60.7 Å². The highest BCUT2D eigenvalue weighted by molar-refractivity contribution is 6.67. The van der Waals surface area contributed by atoms with Gasteiger partial charge in [-0.15, -0.1) is 15.0 Å². The van der Waals surface area contributed by atoms with Gasteiger partial charge in [-0.2, -0.15) is 0 Å². The van der Waals surface area contributed by atoms with Gasteiger partial charge >= 0.3 is 0 Å². The van der Waals surface area contributed by atoms with Crippen LogP contribution in [0.2, 0.25) is 0 Å². The minimum absolute atomic E-state index is 0.127. The number of hydrogen-bond acceptors (Lipinski definition) is 4. The molecule has 2 aromatic rings. The number of carbonyl (C=O) groups excluding carboxylic acids is 1. The first-order valence-electron chi connectivity index (χ1n) is 4.03. The lowest BCUT2D eigenvalue weighted by Crippen LogP contribution is -2.03. The van der Waals surface area contributed by atoms with Crippen LogP contribution < -0.4 is 0 Å². The maximum Gasteiger partial charge on any atom is 0.293 e. The van der Waals surface area contributed by atoms with Crippen molar-refractivity contribution in [1.29, 1.82) is 0 Å². The zero-order chi connectivity index (χ0) is 11.7. The summed E-state index contributed by atoms with van der Waals surface area (Å²) >= 11 is 5.10. The SMILES string of the molecule is O=C(Cl)c1nnn(-c2ccc(F)cc2F)n1. The monoisotopic (exact) mass is 244 g/mol. The van der Waals surface area contributed by atoms with Gasteiger partial charge in [-0.3, -0.25) is 4.79 Å². The molecule has 0 bridgehead atoms. The van der Waals surface area contributed by atoms with Crippen LogP contribution in [0.3, 0.4) is 0 Å². The molecule has 0 saturated carbocycles. The predicted molar refractivity (Wildman–Crippen MR) is 49.3 cm³/mol. The van der Waals surface area contributed by atoms with Crippen molar-refractivity contribution in [2.75, 3.05) is 0 Å². The molecule has 1 aromatic heterocycles. The fourth-order valence-electron chi connectivity index (χ4n) is 1.04. The molecule has 8 heteroatoms. The fourth-order valence-corrected chi connectivity index (χ4v) is 1.11. The van der Waals surface area contributed by atoms with E-state index in [2.05, 4.69) is 15.4 Å². The third-order valence-corrected chi connectivity index (χ3v) is 1.88. The van der Waals surface area contributed by atoms with Gasteiger partial charge in [0, 0.05) is 6.07 Å². The van der Waals surface area contributed by atoms with Gasteiger partial charge in [-0.1, -0.05) is 0 Å². The van der Waals surface area contributed by atoms with E-state index in [0.29, 0.717) is 6.07 Å². The highest BCUT2D eigenvalue weighted by atomic mass is 35.5. The summed E-state index contributed by atoms with van der Waals surface area (Å²) in [5.74, 6) is -1.95. The van der Waals surface area contributed by atoms with Gasteiger partial charge in [-0.25, -0.2) is 8.78 Å². The molecule has 2 rings (SSSR count). The molecule has 0 radical (unpaired) electrons. The van der Waals surface area contributed by atoms with E-state index in [9.17, 15) is 13.6 Å². The molecular formula is C8H3ClF2N4O. The largest absolute Gasteiger partial charge is 0.293 e. The van der Waals surface area contributed by atoms with E-state index in [1.807, 2.05) is 0 Å². The normalized spacial score (nSPS) is 10.4. The summed E-state index contributed by atoms with van der Waals surface area (Å²) in [6, 6.07) is 2.82. The lowest BCUT2D eigenvalue weighted by Gasteiger charge is -1.99. The Bertz CT molecular complexity index is 557. The molecule has 16 heavy (non-hydrogen) atoms. The summed E-state index contributed by atoms with van der Waals surface area (Å²) in [4.78, 5) is 11.4. The summed E-state index contributed by atoms with van der Waals surface area (Å²) in [6.07, 6.45) is 0. The third-order valence-electron chi connectivity index (χ3n) is 1.71. The number of benzene rings is 1. The van der Waals surface area contributed by atoms with E-state index in [1.54, 1.807) is 0 Å². The van der Waals surface area contributed by atoms with E-state index in [1.165, 1.54) is 0 Å². The number of carbonyl (C=O) groups is 1. The number of rotatable bonds is 2. The molecule has 82 valence electrons. The Kier molecular flexibility index (Phi) is 2.61. The molecule has 0 aliphatic rings. The van der Waals surface area contributed by atoms with Gasteiger partial charge in [0.2, 0.25) is 0 Å². The molecule has 5 nitrogen and oxygen atoms in total. The van der Waals surface area contributed by atoms with Crippen molar-refractivity contribution in [1.82, 2.24) is 20.2 Å². The summed E-state index contributed by atoms with van der Waals surface area (Å²) < 4.78 is 25.9. The van der Waals surface area contributed by atoms with Gasteiger partial charge in [0.15, 0.2) is 5.82 Å². The van der Waals surface area contributed by atoms with Crippen LogP contribution in [0, 0.1) is 11.6 Å². The van der Waals surface area contributed by atoms with Crippen molar-refractivity contribution in [2.24, 2.45) is 0 Å². The Morgan fingerprint density at radius 1 is 1.38 bits per heavy atom. The van der Waals surface area contributed by atoms with E-state index in [0.717, 1.165) is 16.9 Å². The molecule has 0 atom stereocenters. The third kappa shape index (κ3) is 1.89. The van der Waals surface area contributed by atoms with Gasteiger partial charge in [0.05, 0.1) is 0 Å². The molecule has 0 aliphatic heterocycles. The smallest absolute Gasteiger partial charge is 0.272 e. The highest BCUT2D eigenvalue weighted by Gasteiger charge is 2.13. The molecule has 0 fully saturated rings. The highest BCUT2D eigenvalue weighted by Crippen LogP contribution is 2.12. The van der Waals surface area contributed by atoms with Gasteiger partial charge < -0.3 is 0 Å². The minimum Gasteiger partial charge on any atom is -0.272 e. The van der Waals surface area contributed by atoms with Crippen LogP contribution in [0.5, 0.6) is 0 Å². The van der Waals surface area contributed by atoms with Crippen LogP contribution in [0.1, 0.15) is 10.6 Å². The maximum absolute atomic E-state index is 13.3. The lowest BCUT2D eigenvalue weighted by atomic mass is 10.3. The quantitative estimate of drug-likeness (QED) is 0.748. The van der Waals surface area contributed by atoms with E-state index < -0.39 is 16.9 Å². The molecule has 0 N–H and O–H groups in total. The number of hydrogen-bond donors (Lipinski definition) is 0. The Morgan fingerprint density at radius 2 is 2.12 bits per heavy atom. The second-order valence-electron chi connectivity index (χ2n) is 2.77. The molecule has 0 aliphatic carbocycles. The molecule has 0 amide bonds. The van der Waals surface area contributed by atoms with Crippen LogP contribution >= 0.6 is 11.6 Å². The van der Waals surface area contributed by atoms with Crippen LogP contribution in [0.15, 0.2) is 18.2 Å². The van der Waals surface area contributed by atoms with Crippen molar-refractivity contribution in [3.05, 3.63) is 35.7 Å². The predicted octanol–water partition coefficient (Wildman–Crippen LogP) is 1.32. The minimum atomic E-state index is -0.909. The molecule has 0 unspecified atom stereocenters. The Hall–Kier alpha value is -1.89. The van der Waals surface area contributed by atoms with Crippen molar-refractivity contribution in [3.8, 4) is 5.69 Å². The Morgan fingerprint density at radius 3 is 2.69 bits per heavy atom. The van der Waals surface area contributed by atoms with Crippen molar-refractivity contribution >= 4 is 16.8 Å². The van der Waals surface area contributed by atoms with Gasteiger partial charge in [-0.05, 0) is 28.9 Å². The van der Waals surface area contributed by atoms with Gasteiger partial charge in [0.1, 0.15) is 11.5 Å². The summed E-state index contributed by atoms with van der Waals surface area (Å²) in [5, 5.41) is 9.31. The second-order valence-corrected chi connectivity index (χ2v) is 3.12. The van der Waals surface area contributed by atoms with Crippen LogP contribution in [0.4, 0.5) is 8.78 Å². The lowest BCUT2D eigenvalue weighted by molar-refractivity contribution is 0.107. The van der Waals surface area contributed by atoms with Crippen LogP contribution in [0.25, 0.3) is 5.69 Å². The number of halogens is 3. The molecule has 1 heterocycles. The average Bonchev–Trinajstić information content (AvgIpc) is 2.66. The summed E-state index contributed by atoms with van der Waals surface area (Å²) in [7, 11) is 0. The first-order chi connectivity index (χ1) is 7.58. The molecule has 0 spiro atoms. The van der Waals surface area contributed by atoms with E-state index in [-0.39, 0.29) is 11.5 Å². The number of aromatic nitrogens is 4. The van der Waals surface area contributed by atoms with Crippen LogP contribution in [-0.2, 0) is 0 Å². The number of tetrazole rings is 1. The summed E-state index contributed by atoms with van der Waals surface area (Å²) in [5.41, 5.74) is -0.127. The maximum atomic E-state index is 13.3. The van der Waals surface area contributed by atoms with Crippen molar-refractivity contribution < 1.29 is 13.6 Å². The second kappa shape index (κ2) is 3.93. The molecule has 0 saturated heterocycles. The Balaban J connectivity index is 2.46. The Labute approximate surface area is 92.6 Å². The first kappa shape index (κ1) is 10.6. The zero-order valence-corrected chi connectivity index (χ0v) is 8.32. The average molecular weight is 245 g/mol. The summed E-state index contributed by atoms with van der Waals surface area (Å²) in [6.45, 7) is 0. The van der Waals surface area contributed by atoms with E-state index >= 15 is 0 Å². The molecular weight excluding hydrogens is 242 g/mol. The standard InChI is InChI=1S/C8H3ClF2N4O/c9-7(16)8-12-14-15(13-8)6-2-1-4(10)3-5(6)11/h1-3H. The van der Waals surface area contributed by atoms with Crippen molar-refractivity contribution in [3.63, 3.8) is 0 Å². The fraction of sp³-hybridized carbons (Fsp3) is 0. The van der Waals surface area contributed by atoms with Crippen molar-refractivity contribution in [2.45, 2.75) is 0 Å².